The van der Waals surface area contributed by atoms with Gasteiger partial charge in [-0.25, -0.2) is 9.79 Å². The second-order valence-corrected chi connectivity index (χ2v) is 12.8. The number of carbonyl (C=O) groups excluding carboxylic acids is 1. The quantitative estimate of drug-likeness (QED) is 0.130. The van der Waals surface area contributed by atoms with E-state index in [1.54, 1.807) is 49.6 Å². The van der Waals surface area contributed by atoms with Crippen LogP contribution in [0.4, 0.5) is 0 Å². The monoisotopic (exact) mass is 794 g/mol. The Labute approximate surface area is 292 Å². The van der Waals surface area contributed by atoms with Gasteiger partial charge in [-0.1, -0.05) is 46.7 Å². The van der Waals surface area contributed by atoms with Crippen molar-refractivity contribution in [3.63, 3.8) is 0 Å². The molecule has 0 saturated heterocycles. The summed E-state index contributed by atoms with van der Waals surface area (Å²) < 4.78 is 31.1. The summed E-state index contributed by atoms with van der Waals surface area (Å²) in [5.74, 6) is 1.50. The summed E-state index contributed by atoms with van der Waals surface area (Å²) in [6.45, 7) is 4.83. The number of fused-ring (bicyclic) bond motifs is 1. The van der Waals surface area contributed by atoms with Crippen LogP contribution in [0.1, 0.15) is 36.6 Å². The number of methoxy groups -OCH3 is 2. The molecule has 1 aliphatic heterocycles. The summed E-state index contributed by atoms with van der Waals surface area (Å²) in [4.78, 5) is 31.8. The van der Waals surface area contributed by atoms with Gasteiger partial charge in [-0.2, -0.15) is 0 Å². The lowest BCUT2D eigenvalue weighted by molar-refractivity contribution is -0.136. The molecule has 0 N–H and O–H groups in total. The molecule has 5 rings (SSSR count). The van der Waals surface area contributed by atoms with Gasteiger partial charge in [0.2, 0.25) is 0 Å². The number of benzene rings is 3. The van der Waals surface area contributed by atoms with Crippen LogP contribution >= 0.6 is 57.1 Å². The van der Waals surface area contributed by atoms with Crippen LogP contribution in [-0.4, -0.2) is 38.0 Å². The van der Waals surface area contributed by atoms with E-state index in [9.17, 15) is 9.59 Å². The van der Waals surface area contributed by atoms with Crippen LogP contribution in [0.5, 0.6) is 23.0 Å². The number of hydrogen-bond acceptors (Lipinski definition) is 9. The zero-order valence-corrected chi connectivity index (χ0v) is 29.8. The molecule has 4 aromatic rings. The molecule has 0 bridgehead atoms. The van der Waals surface area contributed by atoms with Crippen LogP contribution in [-0.2, 0) is 16.1 Å². The SMILES string of the molecule is CCOc1ccc([C@@H]2C(C(=O)OC)=CN=c3s/c(=C\c4cc(I)c(OCc5ccc(Cl)cc5Cl)c(OC)c4)c(=O)n32)cc1OCC. The van der Waals surface area contributed by atoms with E-state index in [1.165, 1.54) is 29.2 Å². The predicted molar refractivity (Wildman–Crippen MR) is 186 cm³/mol. The van der Waals surface area contributed by atoms with E-state index in [1.807, 2.05) is 26.0 Å². The molecule has 3 aromatic carbocycles. The highest BCUT2D eigenvalue weighted by molar-refractivity contribution is 14.1. The van der Waals surface area contributed by atoms with E-state index < -0.39 is 12.0 Å². The highest BCUT2D eigenvalue weighted by atomic mass is 127. The van der Waals surface area contributed by atoms with Crippen LogP contribution in [0.3, 0.4) is 0 Å². The minimum atomic E-state index is -0.800. The summed E-state index contributed by atoms with van der Waals surface area (Å²) in [6, 6.07) is 13.5. The van der Waals surface area contributed by atoms with E-state index in [2.05, 4.69) is 27.6 Å². The third-order valence-corrected chi connectivity index (χ3v) is 9.33. The molecule has 1 atom stereocenters. The van der Waals surface area contributed by atoms with Gasteiger partial charge >= 0.3 is 5.97 Å². The average molecular weight is 795 g/mol. The van der Waals surface area contributed by atoms with Gasteiger partial charge in [-0.15, -0.1) is 0 Å². The molecule has 9 nitrogen and oxygen atoms in total. The molecule has 46 heavy (non-hydrogen) atoms. The number of halogens is 3. The summed E-state index contributed by atoms with van der Waals surface area (Å²) >= 11 is 15.7. The van der Waals surface area contributed by atoms with Crippen molar-refractivity contribution in [1.82, 2.24) is 4.57 Å². The van der Waals surface area contributed by atoms with Crippen molar-refractivity contribution in [2.24, 2.45) is 4.99 Å². The van der Waals surface area contributed by atoms with Crippen molar-refractivity contribution < 1.29 is 28.5 Å². The maximum absolute atomic E-state index is 14.0. The molecule has 1 aromatic heterocycles. The van der Waals surface area contributed by atoms with Gasteiger partial charge in [0.05, 0.1) is 47.2 Å². The Bertz CT molecular complexity index is 2010. The first-order valence-electron chi connectivity index (χ1n) is 14.1. The fraction of sp³-hybridized carbons (Fsp3) is 0.242. The Balaban J connectivity index is 1.56. The van der Waals surface area contributed by atoms with Gasteiger partial charge in [0.15, 0.2) is 27.8 Å². The van der Waals surface area contributed by atoms with Gasteiger partial charge < -0.3 is 23.7 Å². The second kappa shape index (κ2) is 14.9. The first-order chi connectivity index (χ1) is 22.2. The van der Waals surface area contributed by atoms with Gasteiger partial charge in [-0.05, 0) is 90.0 Å². The zero-order valence-electron chi connectivity index (χ0n) is 25.3. The first kappa shape index (κ1) is 33.8. The number of thiazole rings is 1. The third-order valence-electron chi connectivity index (χ3n) is 6.94. The Morgan fingerprint density at radius 2 is 1.76 bits per heavy atom. The van der Waals surface area contributed by atoms with Crippen molar-refractivity contribution in [2.45, 2.75) is 26.5 Å². The van der Waals surface area contributed by atoms with Crippen LogP contribution < -0.4 is 33.8 Å². The largest absolute Gasteiger partial charge is 0.493 e. The van der Waals surface area contributed by atoms with E-state index in [0.29, 0.717) is 66.7 Å². The lowest BCUT2D eigenvalue weighted by Crippen LogP contribution is -2.39. The van der Waals surface area contributed by atoms with Gasteiger partial charge in [0.25, 0.3) is 5.56 Å². The molecule has 0 saturated carbocycles. The van der Waals surface area contributed by atoms with Crippen LogP contribution in [0.15, 0.2) is 70.1 Å². The molecule has 240 valence electrons. The van der Waals surface area contributed by atoms with Crippen LogP contribution in [0.2, 0.25) is 10.0 Å². The summed E-state index contributed by atoms with van der Waals surface area (Å²) in [5.41, 5.74) is 2.03. The molecule has 0 spiro atoms. The molecule has 1 aliphatic rings. The third kappa shape index (κ3) is 7.07. The Hall–Kier alpha value is -3.52. The number of rotatable bonds is 11. The molecular formula is C33H29Cl2IN2O7S. The Morgan fingerprint density at radius 3 is 2.46 bits per heavy atom. The molecule has 0 radical (unpaired) electrons. The first-order valence-corrected chi connectivity index (χ1v) is 16.8. The zero-order chi connectivity index (χ0) is 33.0. The van der Waals surface area contributed by atoms with Gasteiger partial charge in [-0.3, -0.25) is 9.36 Å². The number of ether oxygens (including phenoxy) is 5. The standard InChI is InChI=1S/C33H29Cl2IN2O7S/c1-5-43-25-10-8-19(14-26(25)44-6-2)29-22(32(40)42-4)16-37-33-38(29)31(39)28(46-33)13-18-11-24(36)30(27(12-18)41-3)45-17-20-7-9-21(34)15-23(20)35/h7-16,29H,5-6,17H2,1-4H3/b28-13-/t29-/m1/s1. The van der Waals surface area contributed by atoms with Crippen LogP contribution in [0.25, 0.3) is 6.08 Å². The number of esters is 1. The van der Waals surface area contributed by atoms with Crippen molar-refractivity contribution >= 4 is 69.2 Å². The molecule has 0 unspecified atom stereocenters. The lowest BCUT2D eigenvalue weighted by Gasteiger charge is -2.23. The average Bonchev–Trinajstić information content (AvgIpc) is 3.35. The highest BCUT2D eigenvalue weighted by Crippen LogP contribution is 2.37. The summed E-state index contributed by atoms with van der Waals surface area (Å²) in [5, 5.41) is 1.04. The maximum atomic E-state index is 14.0. The smallest absolute Gasteiger partial charge is 0.337 e. The van der Waals surface area contributed by atoms with E-state index in [4.69, 9.17) is 46.9 Å². The Kier molecular flexibility index (Phi) is 11.0. The minimum Gasteiger partial charge on any atom is -0.493 e. The topological polar surface area (TPSA) is 97.6 Å². The number of aromatic nitrogens is 1. The molecular weight excluding hydrogens is 766 g/mol. The molecule has 13 heteroatoms. The molecule has 0 fully saturated rings. The van der Waals surface area contributed by atoms with E-state index in [0.717, 1.165) is 9.13 Å². The van der Waals surface area contributed by atoms with Crippen molar-refractivity contribution in [3.8, 4) is 23.0 Å². The lowest BCUT2D eigenvalue weighted by atomic mass is 9.97. The Morgan fingerprint density at radius 1 is 1.00 bits per heavy atom. The fourth-order valence-corrected chi connectivity index (χ4v) is 7.10. The fourth-order valence-electron chi connectivity index (χ4n) is 4.89. The van der Waals surface area contributed by atoms with E-state index in [-0.39, 0.29) is 17.7 Å². The van der Waals surface area contributed by atoms with Crippen molar-refractivity contribution in [3.05, 3.63) is 110 Å². The highest BCUT2D eigenvalue weighted by Gasteiger charge is 2.31. The number of carbonyl (C=O) groups is 1. The van der Waals surface area contributed by atoms with Gasteiger partial charge in [0.1, 0.15) is 6.61 Å². The van der Waals surface area contributed by atoms with E-state index >= 15 is 0 Å². The second-order valence-electron chi connectivity index (χ2n) is 9.81. The summed E-state index contributed by atoms with van der Waals surface area (Å²) in [6.07, 6.45) is 3.21. The molecule has 2 heterocycles. The number of nitrogens with zero attached hydrogens (tertiary/aromatic N) is 2. The maximum Gasteiger partial charge on any atom is 0.337 e. The molecule has 0 amide bonds. The minimum absolute atomic E-state index is 0.208. The normalized spacial score (nSPS) is 14.2. The van der Waals surface area contributed by atoms with Crippen molar-refractivity contribution in [2.75, 3.05) is 27.4 Å². The van der Waals surface area contributed by atoms with Gasteiger partial charge in [0, 0.05) is 21.8 Å². The van der Waals surface area contributed by atoms with Crippen LogP contribution in [0, 0.1) is 3.57 Å². The summed E-state index contributed by atoms with van der Waals surface area (Å²) in [7, 11) is 2.84. The van der Waals surface area contributed by atoms with Crippen molar-refractivity contribution in [1.29, 1.82) is 0 Å². The molecule has 0 aliphatic carbocycles. The predicted octanol–water partition coefficient (Wildman–Crippen LogP) is 6.31. The number of hydrogen-bond donors (Lipinski definition) is 0.